The monoisotopic (exact) mass is 418 g/mol. The zero-order valence-electron chi connectivity index (χ0n) is 14.1. The van der Waals surface area contributed by atoms with E-state index in [9.17, 15) is 30.8 Å². The first-order valence-corrected chi connectivity index (χ1v) is 9.42. The minimum absolute atomic E-state index is 0.0184. The minimum Gasteiger partial charge on any atom is -0.353 e. The molecule has 1 aromatic carbocycles. The Balaban J connectivity index is 1.95. The fourth-order valence-electron chi connectivity index (χ4n) is 2.64. The van der Waals surface area contributed by atoms with E-state index in [2.05, 4.69) is 15.0 Å². The summed E-state index contributed by atoms with van der Waals surface area (Å²) in [5.41, 5.74) is -1.70. The van der Waals surface area contributed by atoms with Crippen molar-refractivity contribution >= 4 is 27.4 Å². The number of pyridine rings is 1. The van der Waals surface area contributed by atoms with Crippen molar-refractivity contribution in [2.24, 2.45) is 0 Å². The minimum atomic E-state index is -5.05. The van der Waals surface area contributed by atoms with Gasteiger partial charge in [-0.2, -0.15) is 13.2 Å². The second-order valence-electron chi connectivity index (χ2n) is 5.89. The maximum Gasteiger partial charge on any atom is 0.419 e. The first kappa shape index (κ1) is 19.9. The van der Waals surface area contributed by atoms with Gasteiger partial charge < -0.3 is 10.2 Å². The van der Waals surface area contributed by atoms with Gasteiger partial charge in [0.25, 0.3) is 10.0 Å². The first-order chi connectivity index (χ1) is 13.1. The second kappa shape index (κ2) is 7.26. The molecule has 1 aromatic heterocycles. The average Bonchev–Trinajstić information content (AvgIpc) is 2.61. The van der Waals surface area contributed by atoms with Crippen molar-refractivity contribution in [3.63, 3.8) is 0 Å². The van der Waals surface area contributed by atoms with Crippen LogP contribution >= 0.6 is 0 Å². The zero-order valence-corrected chi connectivity index (χ0v) is 14.9. The van der Waals surface area contributed by atoms with E-state index in [0.29, 0.717) is 19.2 Å². The highest BCUT2D eigenvalue weighted by Crippen LogP contribution is 2.33. The summed E-state index contributed by atoms with van der Waals surface area (Å²) >= 11 is 0. The Bertz CT molecular complexity index is 1010. The number of hydrogen-bond acceptors (Lipinski definition) is 5. The lowest BCUT2D eigenvalue weighted by atomic mass is 10.2. The third-order valence-electron chi connectivity index (χ3n) is 3.92. The van der Waals surface area contributed by atoms with Gasteiger partial charge in [0.15, 0.2) is 5.82 Å². The van der Waals surface area contributed by atoms with Crippen molar-refractivity contribution in [3.8, 4) is 0 Å². The quantitative estimate of drug-likeness (QED) is 0.741. The van der Waals surface area contributed by atoms with Gasteiger partial charge in [0.05, 0.1) is 22.7 Å². The smallest absolute Gasteiger partial charge is 0.353 e. The molecular weight excluding hydrogens is 404 g/mol. The van der Waals surface area contributed by atoms with E-state index in [1.807, 2.05) is 0 Å². The van der Waals surface area contributed by atoms with Crippen LogP contribution in [0.25, 0.3) is 0 Å². The molecule has 2 N–H and O–H groups in total. The molecule has 1 fully saturated rings. The number of piperazine rings is 1. The largest absolute Gasteiger partial charge is 0.419 e. The van der Waals surface area contributed by atoms with E-state index in [0.717, 1.165) is 6.07 Å². The number of nitrogens with zero attached hydrogens (tertiary/aromatic N) is 2. The summed E-state index contributed by atoms with van der Waals surface area (Å²) in [7, 11) is -4.47. The highest BCUT2D eigenvalue weighted by atomic mass is 32.2. The Morgan fingerprint density at radius 3 is 2.64 bits per heavy atom. The van der Waals surface area contributed by atoms with E-state index in [4.69, 9.17) is 0 Å². The van der Waals surface area contributed by atoms with Crippen LogP contribution in [0.15, 0.2) is 41.4 Å². The highest BCUT2D eigenvalue weighted by molar-refractivity contribution is 7.92. The van der Waals surface area contributed by atoms with Crippen molar-refractivity contribution in [3.05, 3.63) is 47.9 Å². The standard InChI is InChI=1S/C16H14F4N4O3S/c17-12-4-3-10(8-11(12)16(18,19)20)28(26,27)23-13-2-1-5-22-15(13)24-7-6-21-14(25)9-24/h1-5,8,23H,6-7,9H2,(H,21,25). The molecule has 0 spiro atoms. The maximum absolute atomic E-state index is 13.4. The molecule has 150 valence electrons. The number of nitrogens with one attached hydrogen (secondary N) is 2. The molecule has 0 saturated carbocycles. The second-order valence-corrected chi connectivity index (χ2v) is 7.57. The average molecular weight is 418 g/mol. The molecule has 0 unspecified atom stereocenters. The maximum atomic E-state index is 13.4. The van der Waals surface area contributed by atoms with E-state index in [1.54, 1.807) is 0 Å². The molecule has 1 aliphatic heterocycles. The van der Waals surface area contributed by atoms with E-state index in [-0.39, 0.29) is 30.0 Å². The molecule has 0 radical (unpaired) electrons. The lowest BCUT2D eigenvalue weighted by Crippen LogP contribution is -2.48. The Morgan fingerprint density at radius 1 is 1.21 bits per heavy atom. The fourth-order valence-corrected chi connectivity index (χ4v) is 3.73. The molecule has 28 heavy (non-hydrogen) atoms. The molecule has 1 amide bonds. The molecule has 0 atom stereocenters. The number of sulfonamides is 1. The number of rotatable bonds is 4. The Labute approximate surface area is 157 Å². The number of alkyl halides is 3. The Morgan fingerprint density at radius 2 is 1.96 bits per heavy atom. The first-order valence-electron chi connectivity index (χ1n) is 7.94. The number of carbonyl (C=O) groups is 1. The van der Waals surface area contributed by atoms with E-state index < -0.39 is 32.5 Å². The third-order valence-corrected chi connectivity index (χ3v) is 5.29. The van der Waals surface area contributed by atoms with Gasteiger partial charge in [-0.3, -0.25) is 9.52 Å². The summed E-state index contributed by atoms with van der Waals surface area (Å²) in [6.45, 7) is 0.640. The number of amides is 1. The van der Waals surface area contributed by atoms with Gasteiger partial charge in [-0.25, -0.2) is 17.8 Å². The van der Waals surface area contributed by atoms with Crippen molar-refractivity contribution in [2.45, 2.75) is 11.1 Å². The van der Waals surface area contributed by atoms with Crippen LogP contribution in [0.5, 0.6) is 0 Å². The Kier molecular flexibility index (Phi) is 5.15. The van der Waals surface area contributed by atoms with Crippen LogP contribution in [0, 0.1) is 5.82 Å². The van der Waals surface area contributed by atoms with Crippen molar-refractivity contribution in [1.29, 1.82) is 0 Å². The van der Waals surface area contributed by atoms with Gasteiger partial charge in [0, 0.05) is 19.3 Å². The van der Waals surface area contributed by atoms with E-state index >= 15 is 0 Å². The summed E-state index contributed by atoms with van der Waals surface area (Å²) in [6.07, 6.45) is -3.66. The number of benzene rings is 1. The molecular formula is C16H14F4N4O3S. The summed E-state index contributed by atoms with van der Waals surface area (Å²) in [4.78, 5) is 16.4. The fraction of sp³-hybridized carbons (Fsp3) is 0.250. The molecule has 2 aromatic rings. The van der Waals surface area contributed by atoms with Crippen molar-refractivity contribution in [2.75, 3.05) is 29.3 Å². The van der Waals surface area contributed by atoms with Crippen molar-refractivity contribution in [1.82, 2.24) is 10.3 Å². The number of carbonyl (C=O) groups excluding carboxylic acids is 1. The van der Waals surface area contributed by atoms with Crippen LogP contribution in [0.4, 0.5) is 29.1 Å². The van der Waals surface area contributed by atoms with Gasteiger partial charge in [-0.15, -0.1) is 0 Å². The molecule has 12 heteroatoms. The van der Waals surface area contributed by atoms with Crippen molar-refractivity contribution < 1.29 is 30.8 Å². The van der Waals surface area contributed by atoms with Gasteiger partial charge in [-0.1, -0.05) is 0 Å². The molecule has 2 heterocycles. The lowest BCUT2D eigenvalue weighted by molar-refractivity contribution is -0.140. The van der Waals surface area contributed by atoms with Crippen LogP contribution in [0.2, 0.25) is 0 Å². The molecule has 7 nitrogen and oxygen atoms in total. The predicted octanol–water partition coefficient (Wildman–Crippen LogP) is 1.98. The van der Waals surface area contributed by atoms with Gasteiger partial charge in [0.2, 0.25) is 5.91 Å². The van der Waals surface area contributed by atoms with Crippen LogP contribution in [0.3, 0.4) is 0 Å². The van der Waals surface area contributed by atoms with E-state index in [1.165, 1.54) is 23.2 Å². The SMILES string of the molecule is O=C1CN(c2ncccc2NS(=O)(=O)c2ccc(F)c(C(F)(F)F)c2)CCN1. The molecule has 1 aliphatic rings. The van der Waals surface area contributed by atoms with Crippen LogP contribution < -0.4 is 14.9 Å². The zero-order chi connectivity index (χ0) is 20.5. The molecule has 0 aliphatic carbocycles. The normalized spacial score (nSPS) is 15.3. The number of halogens is 4. The predicted molar refractivity (Wildman–Crippen MR) is 91.7 cm³/mol. The number of aromatic nitrogens is 1. The van der Waals surface area contributed by atoms with Gasteiger partial charge in [0.1, 0.15) is 5.82 Å². The number of anilines is 2. The van der Waals surface area contributed by atoms with Crippen LogP contribution in [-0.4, -0.2) is 38.9 Å². The Hall–Kier alpha value is -2.89. The summed E-state index contributed by atoms with van der Waals surface area (Å²) < 4.78 is 79.4. The lowest BCUT2D eigenvalue weighted by Gasteiger charge is -2.29. The summed E-state index contributed by atoms with van der Waals surface area (Å²) in [5.74, 6) is -1.70. The number of hydrogen-bond donors (Lipinski definition) is 2. The molecule has 3 rings (SSSR count). The van der Waals surface area contributed by atoms with Gasteiger partial charge in [-0.05, 0) is 30.3 Å². The molecule has 1 saturated heterocycles. The highest BCUT2D eigenvalue weighted by Gasteiger charge is 2.35. The summed E-state index contributed by atoms with van der Waals surface area (Å²) in [6, 6.07) is 4.19. The summed E-state index contributed by atoms with van der Waals surface area (Å²) in [5, 5.41) is 2.61. The molecule has 0 bridgehead atoms. The topological polar surface area (TPSA) is 91.4 Å². The van der Waals surface area contributed by atoms with Crippen LogP contribution in [0.1, 0.15) is 5.56 Å². The third kappa shape index (κ3) is 4.16. The van der Waals surface area contributed by atoms with Gasteiger partial charge >= 0.3 is 6.18 Å². The van der Waals surface area contributed by atoms with Crippen LogP contribution in [-0.2, 0) is 21.0 Å².